The molecule has 0 radical (unpaired) electrons. The minimum atomic E-state index is -0.910. The number of benzene rings is 2. The van der Waals surface area contributed by atoms with Gasteiger partial charge in [0.2, 0.25) is 17.7 Å². The molecule has 3 rings (SSSR count). The molecule has 0 aliphatic carbocycles. The van der Waals surface area contributed by atoms with Gasteiger partial charge in [-0.05, 0) is 31.4 Å². The van der Waals surface area contributed by atoms with Gasteiger partial charge in [-0.3, -0.25) is 14.4 Å². The number of rotatable bonds is 9. The third-order valence-corrected chi connectivity index (χ3v) is 5.85. The van der Waals surface area contributed by atoms with Crippen LogP contribution >= 0.6 is 0 Å². The molecule has 9 nitrogen and oxygen atoms in total. The van der Waals surface area contributed by atoms with E-state index >= 15 is 0 Å². The van der Waals surface area contributed by atoms with Gasteiger partial charge in [0.15, 0.2) is 0 Å². The van der Waals surface area contributed by atoms with Crippen LogP contribution < -0.4 is 16.4 Å². The first-order chi connectivity index (χ1) is 16.3. The predicted molar refractivity (Wildman–Crippen MR) is 125 cm³/mol. The monoisotopic (exact) mass is 466 g/mol. The van der Waals surface area contributed by atoms with Crippen LogP contribution in [0.2, 0.25) is 0 Å². The van der Waals surface area contributed by atoms with E-state index in [2.05, 4.69) is 10.6 Å². The number of ether oxygens (including phenoxy) is 1. The number of hydrogen-bond acceptors (Lipinski definition) is 5. The van der Waals surface area contributed by atoms with Crippen LogP contribution in [0.5, 0.6) is 0 Å². The predicted octanol–water partition coefficient (Wildman–Crippen LogP) is 1.50. The molecule has 0 bridgehead atoms. The zero-order valence-corrected chi connectivity index (χ0v) is 19.3. The molecule has 1 aliphatic rings. The highest BCUT2D eigenvalue weighted by Gasteiger charge is 2.43. The lowest BCUT2D eigenvalue weighted by Gasteiger charge is -2.29. The van der Waals surface area contributed by atoms with Crippen LogP contribution in [0.3, 0.4) is 0 Å². The average molecular weight is 467 g/mol. The number of hydrogen-bond donors (Lipinski definition) is 3. The molecule has 180 valence electrons. The fourth-order valence-corrected chi connectivity index (χ4v) is 4.04. The van der Waals surface area contributed by atoms with Gasteiger partial charge in [0.1, 0.15) is 24.7 Å². The van der Waals surface area contributed by atoms with Crippen molar-refractivity contribution < 1.29 is 23.9 Å². The zero-order valence-electron chi connectivity index (χ0n) is 19.3. The van der Waals surface area contributed by atoms with Crippen LogP contribution in [0.4, 0.5) is 4.79 Å². The van der Waals surface area contributed by atoms with Crippen molar-refractivity contribution in [3.63, 3.8) is 0 Å². The normalized spacial score (nSPS) is 19.2. The number of primary amides is 1. The van der Waals surface area contributed by atoms with Gasteiger partial charge in [-0.25, -0.2) is 4.79 Å². The second-order valence-corrected chi connectivity index (χ2v) is 8.42. The first kappa shape index (κ1) is 24.8. The summed E-state index contributed by atoms with van der Waals surface area (Å²) in [6.45, 7) is 3.47. The number of nitrogens with two attached hydrogens (primary N) is 1. The molecule has 1 fully saturated rings. The van der Waals surface area contributed by atoms with E-state index in [1.54, 1.807) is 13.8 Å². The summed E-state index contributed by atoms with van der Waals surface area (Å²) in [7, 11) is 0. The molecule has 34 heavy (non-hydrogen) atoms. The Morgan fingerprint density at radius 1 is 1.06 bits per heavy atom. The van der Waals surface area contributed by atoms with E-state index < -0.39 is 36.0 Å². The van der Waals surface area contributed by atoms with Gasteiger partial charge in [-0.2, -0.15) is 0 Å². The van der Waals surface area contributed by atoms with E-state index in [1.165, 1.54) is 4.90 Å². The summed E-state index contributed by atoms with van der Waals surface area (Å²) in [5.74, 6) is -1.54. The van der Waals surface area contributed by atoms with Gasteiger partial charge in [-0.1, -0.05) is 60.7 Å². The van der Waals surface area contributed by atoms with Crippen LogP contribution in [0.1, 0.15) is 31.4 Å². The molecule has 0 saturated carbocycles. The molecule has 1 unspecified atom stereocenters. The summed E-state index contributed by atoms with van der Waals surface area (Å²) in [5, 5.41) is 5.24. The van der Waals surface area contributed by atoms with E-state index in [9.17, 15) is 19.2 Å². The van der Waals surface area contributed by atoms with Crippen LogP contribution in [0, 0.1) is 0 Å². The molecule has 0 spiro atoms. The number of amides is 4. The van der Waals surface area contributed by atoms with Gasteiger partial charge in [0, 0.05) is 12.5 Å². The molecule has 9 heteroatoms. The van der Waals surface area contributed by atoms with Crippen LogP contribution in [-0.4, -0.2) is 52.9 Å². The molecule has 2 aromatic carbocycles. The third kappa shape index (κ3) is 6.34. The number of likely N-dealkylation sites (tertiary alicyclic amines) is 1. The topological polar surface area (TPSA) is 131 Å². The Labute approximate surface area is 198 Å². The molecular formula is C25H30N4O5. The Hall–Kier alpha value is -3.88. The Kier molecular flexibility index (Phi) is 8.24. The first-order valence-corrected chi connectivity index (χ1v) is 11.2. The van der Waals surface area contributed by atoms with Crippen molar-refractivity contribution >= 4 is 23.8 Å². The molecule has 2 aromatic rings. The number of nitrogens with zero attached hydrogens (tertiary/aromatic N) is 1. The third-order valence-electron chi connectivity index (χ3n) is 5.85. The lowest BCUT2D eigenvalue weighted by molar-refractivity contribution is -0.140. The van der Waals surface area contributed by atoms with E-state index in [4.69, 9.17) is 10.5 Å². The fourth-order valence-electron chi connectivity index (χ4n) is 4.04. The highest BCUT2D eigenvalue weighted by Crippen LogP contribution is 2.22. The molecule has 1 saturated heterocycles. The summed E-state index contributed by atoms with van der Waals surface area (Å²) in [6, 6.07) is 15.5. The maximum absolute atomic E-state index is 13.0. The van der Waals surface area contributed by atoms with Gasteiger partial charge in [-0.15, -0.1) is 0 Å². The van der Waals surface area contributed by atoms with E-state index in [-0.39, 0.29) is 25.0 Å². The Morgan fingerprint density at radius 2 is 1.65 bits per heavy atom. The van der Waals surface area contributed by atoms with E-state index in [0.717, 1.165) is 11.1 Å². The Balaban J connectivity index is 1.56. The van der Waals surface area contributed by atoms with Gasteiger partial charge in [0.25, 0.3) is 0 Å². The lowest BCUT2D eigenvalue weighted by atomic mass is 10.0. The largest absolute Gasteiger partial charge is 0.445 e. The van der Waals surface area contributed by atoms with Crippen molar-refractivity contribution in [1.82, 2.24) is 15.5 Å². The van der Waals surface area contributed by atoms with Crippen LogP contribution in [0.15, 0.2) is 60.7 Å². The number of carbonyl (C=O) groups excluding carboxylic acids is 4. The Morgan fingerprint density at radius 3 is 2.24 bits per heavy atom. The van der Waals surface area contributed by atoms with Crippen molar-refractivity contribution in [1.29, 1.82) is 0 Å². The highest BCUT2D eigenvalue weighted by atomic mass is 16.5. The maximum atomic E-state index is 13.0. The minimum absolute atomic E-state index is 0.0849. The SMILES string of the molecule is CC1C[C@H](NC(=O)OCc2ccccc2)C(=O)N1[C@@H](C)C(=O)N[C@@H](Cc1ccccc1)C(N)=O. The summed E-state index contributed by atoms with van der Waals surface area (Å²) in [4.78, 5) is 51.4. The zero-order chi connectivity index (χ0) is 24.7. The number of alkyl carbamates (subject to hydrolysis) is 1. The number of nitrogens with one attached hydrogen (secondary N) is 2. The van der Waals surface area contributed by atoms with Crippen LogP contribution in [0.25, 0.3) is 0 Å². The Bertz CT molecular complexity index is 1010. The minimum Gasteiger partial charge on any atom is -0.445 e. The first-order valence-electron chi connectivity index (χ1n) is 11.2. The average Bonchev–Trinajstić information content (AvgIpc) is 3.10. The van der Waals surface area contributed by atoms with Crippen LogP contribution in [-0.2, 0) is 32.1 Å². The van der Waals surface area contributed by atoms with Crippen molar-refractivity contribution in [2.24, 2.45) is 5.73 Å². The fraction of sp³-hybridized carbons (Fsp3) is 0.360. The molecule has 1 aliphatic heterocycles. The molecule has 4 amide bonds. The van der Waals surface area contributed by atoms with Crippen molar-refractivity contribution in [3.05, 3.63) is 71.8 Å². The molecule has 1 heterocycles. The molecule has 4 atom stereocenters. The summed E-state index contributed by atoms with van der Waals surface area (Å²) >= 11 is 0. The van der Waals surface area contributed by atoms with Gasteiger partial charge >= 0.3 is 6.09 Å². The smallest absolute Gasteiger partial charge is 0.408 e. The second-order valence-electron chi connectivity index (χ2n) is 8.42. The maximum Gasteiger partial charge on any atom is 0.408 e. The van der Waals surface area contributed by atoms with Gasteiger partial charge < -0.3 is 26.0 Å². The summed E-state index contributed by atoms with van der Waals surface area (Å²) in [5.41, 5.74) is 7.17. The standard InChI is InChI=1S/C25H30N4O5/c1-16-13-21(28-25(33)34-15-19-11-7-4-8-12-19)24(32)29(16)17(2)23(31)27-20(22(26)30)14-18-9-5-3-6-10-18/h3-12,16-17,20-21H,13-15H2,1-2H3,(H2,26,30)(H,27,31)(H,28,33)/t16?,17-,20-,21-/m0/s1. The van der Waals surface area contributed by atoms with Crippen molar-refractivity contribution in [2.75, 3.05) is 0 Å². The molecular weight excluding hydrogens is 436 g/mol. The summed E-state index contributed by atoms with van der Waals surface area (Å²) < 4.78 is 5.20. The van der Waals surface area contributed by atoms with Gasteiger partial charge in [0.05, 0.1) is 0 Å². The second kappa shape index (κ2) is 11.3. The van der Waals surface area contributed by atoms with E-state index in [1.807, 2.05) is 60.7 Å². The summed E-state index contributed by atoms with van der Waals surface area (Å²) in [6.07, 6.45) is -0.125. The van der Waals surface area contributed by atoms with E-state index in [0.29, 0.717) is 6.42 Å². The van der Waals surface area contributed by atoms with Crippen molar-refractivity contribution in [3.8, 4) is 0 Å². The van der Waals surface area contributed by atoms with Crippen molar-refractivity contribution in [2.45, 2.75) is 57.5 Å². The molecule has 4 N–H and O–H groups in total. The number of carbonyl (C=O) groups is 4. The highest BCUT2D eigenvalue weighted by molar-refractivity contribution is 5.94. The lowest BCUT2D eigenvalue weighted by Crippen LogP contribution is -2.55. The quantitative estimate of drug-likeness (QED) is 0.516. The molecule has 0 aromatic heterocycles.